The molecule has 1 heterocycles. The van der Waals surface area contributed by atoms with E-state index in [0.29, 0.717) is 42.3 Å². The zero-order chi connectivity index (χ0) is 23.4. The molecule has 7 heteroatoms. The number of carbonyl (C=O) groups is 2. The highest BCUT2D eigenvalue weighted by Crippen LogP contribution is 2.42. The normalized spacial score (nSPS) is 17.8. The van der Waals surface area contributed by atoms with Gasteiger partial charge < -0.3 is 24.4 Å². The van der Waals surface area contributed by atoms with Crippen LogP contribution in [0.25, 0.3) is 5.76 Å². The van der Waals surface area contributed by atoms with Crippen LogP contribution >= 0.6 is 0 Å². The van der Waals surface area contributed by atoms with Gasteiger partial charge in [0, 0.05) is 11.1 Å². The van der Waals surface area contributed by atoms with Gasteiger partial charge in [0.1, 0.15) is 11.5 Å². The van der Waals surface area contributed by atoms with E-state index in [4.69, 9.17) is 9.47 Å². The predicted molar refractivity (Wildman–Crippen MR) is 119 cm³/mol. The number of likely N-dealkylation sites (tertiary alicyclic amines) is 1. The van der Waals surface area contributed by atoms with Crippen LogP contribution in [0.5, 0.6) is 11.5 Å². The molecule has 1 amide bonds. The molecule has 2 aromatic carbocycles. The number of rotatable bonds is 8. The third-order valence-electron chi connectivity index (χ3n) is 5.55. The van der Waals surface area contributed by atoms with E-state index in [1.54, 1.807) is 31.4 Å². The maximum absolute atomic E-state index is 13.6. The molecule has 1 N–H and O–H groups in total. The maximum atomic E-state index is 13.6. The second-order valence-electron chi connectivity index (χ2n) is 8.09. The van der Waals surface area contributed by atoms with Crippen molar-refractivity contribution in [2.24, 2.45) is 0 Å². The van der Waals surface area contributed by atoms with Crippen LogP contribution in [-0.4, -0.2) is 57.5 Å². The standard InChI is InChI=1S/C25H30N2O5/c1-6-32-20-10-8-7-9-18(20)22-21(24(29)25(30)27(22)14-13-26(3)4)23(28)17-11-12-19(31-5)16(2)15-17/h7-12,15,22,28H,6,13-14H2,1-5H3. The van der Waals surface area contributed by atoms with Crippen molar-refractivity contribution < 1.29 is 29.1 Å². The molecule has 0 aliphatic carbocycles. The summed E-state index contributed by atoms with van der Waals surface area (Å²) in [6.45, 7) is 5.10. The molecule has 0 radical (unpaired) electrons. The molecule has 2 aromatic rings. The summed E-state index contributed by atoms with van der Waals surface area (Å²) in [6.07, 6.45) is 0. The Labute approximate surface area is 188 Å². The molecule has 32 heavy (non-hydrogen) atoms. The van der Waals surface area contributed by atoms with Crippen molar-refractivity contribution in [2.75, 3.05) is 40.9 Å². The summed E-state index contributed by atoms with van der Waals surface area (Å²) in [4.78, 5) is 28.8. The number of para-hydroxylation sites is 1. The highest BCUT2D eigenvalue weighted by atomic mass is 16.5. The number of carbonyl (C=O) groups excluding carboxylic acids is 2. The highest BCUT2D eigenvalue weighted by molar-refractivity contribution is 6.46. The molecule has 170 valence electrons. The van der Waals surface area contributed by atoms with Crippen molar-refractivity contribution in [3.05, 3.63) is 64.7 Å². The molecule has 1 aliphatic heterocycles. The fourth-order valence-corrected chi connectivity index (χ4v) is 3.94. The van der Waals surface area contributed by atoms with Crippen molar-refractivity contribution >= 4 is 17.4 Å². The van der Waals surface area contributed by atoms with Crippen molar-refractivity contribution in [2.45, 2.75) is 19.9 Å². The van der Waals surface area contributed by atoms with Gasteiger partial charge in [-0.2, -0.15) is 0 Å². The van der Waals surface area contributed by atoms with Gasteiger partial charge in [-0.15, -0.1) is 0 Å². The van der Waals surface area contributed by atoms with Gasteiger partial charge in [0.25, 0.3) is 5.91 Å². The number of hydrogen-bond acceptors (Lipinski definition) is 5. The molecular formula is C25H30N2O5. The highest BCUT2D eigenvalue weighted by Gasteiger charge is 2.45. The van der Waals surface area contributed by atoms with Crippen molar-refractivity contribution in [1.29, 1.82) is 0 Å². The third-order valence-corrected chi connectivity index (χ3v) is 5.55. The van der Waals surface area contributed by atoms with Crippen LogP contribution in [0.1, 0.15) is 29.7 Å². The largest absolute Gasteiger partial charge is 0.872 e. The first-order valence-corrected chi connectivity index (χ1v) is 10.7. The molecule has 7 nitrogen and oxygen atoms in total. The molecular weight excluding hydrogens is 408 g/mol. The van der Waals surface area contributed by atoms with E-state index in [1.165, 1.54) is 4.90 Å². The zero-order valence-corrected chi connectivity index (χ0v) is 19.2. The molecule has 1 saturated heterocycles. The molecule has 1 unspecified atom stereocenters. The van der Waals surface area contributed by atoms with Crippen LogP contribution < -0.4 is 19.5 Å². The summed E-state index contributed by atoms with van der Waals surface area (Å²) in [7, 11) is 5.51. The summed E-state index contributed by atoms with van der Waals surface area (Å²) in [5.41, 5.74) is 1.71. The second kappa shape index (κ2) is 9.87. The average Bonchev–Trinajstić information content (AvgIpc) is 3.02. The first-order valence-electron chi connectivity index (χ1n) is 10.7. The van der Waals surface area contributed by atoms with E-state index >= 15 is 0 Å². The first-order chi connectivity index (χ1) is 15.3. The Hall–Kier alpha value is -3.32. The summed E-state index contributed by atoms with van der Waals surface area (Å²) >= 11 is 0. The number of aryl methyl sites for hydroxylation is 1. The summed E-state index contributed by atoms with van der Waals surface area (Å²) < 4.78 is 11.1. The average molecular weight is 439 g/mol. The van der Waals surface area contributed by atoms with Crippen LogP contribution in [0.4, 0.5) is 0 Å². The molecule has 1 aliphatic rings. The molecule has 0 aromatic heterocycles. The Morgan fingerprint density at radius 1 is 1.12 bits per heavy atom. The number of ether oxygens (including phenoxy) is 2. The van der Waals surface area contributed by atoms with Gasteiger partial charge >= 0.3 is 0 Å². The lowest BCUT2D eigenvalue weighted by molar-refractivity contribution is -0.857. The minimum Gasteiger partial charge on any atom is -0.872 e. The number of methoxy groups -OCH3 is 1. The lowest BCUT2D eigenvalue weighted by Crippen LogP contribution is -3.06. The number of Topliss-reactive ketones (excluding diaryl/α,β-unsaturated/α-hetero) is 1. The van der Waals surface area contributed by atoms with Gasteiger partial charge in [-0.3, -0.25) is 9.59 Å². The quantitative estimate of drug-likeness (QED) is 0.374. The monoisotopic (exact) mass is 438 g/mol. The summed E-state index contributed by atoms with van der Waals surface area (Å²) in [5.74, 6) is -0.662. The van der Waals surface area contributed by atoms with Gasteiger partial charge in [-0.05, 0) is 43.2 Å². The minimum absolute atomic E-state index is 0.0412. The third kappa shape index (κ3) is 4.48. The number of nitrogens with one attached hydrogen (secondary N) is 1. The zero-order valence-electron chi connectivity index (χ0n) is 19.2. The Bertz CT molecular complexity index is 1040. The number of benzene rings is 2. The number of ketones is 1. The molecule has 1 atom stereocenters. The van der Waals surface area contributed by atoms with E-state index in [1.807, 2.05) is 46.1 Å². The number of quaternary nitrogens is 1. The fraction of sp³-hybridized carbons (Fsp3) is 0.360. The lowest BCUT2D eigenvalue weighted by Gasteiger charge is -2.29. The van der Waals surface area contributed by atoms with E-state index < -0.39 is 23.5 Å². The number of nitrogens with zero attached hydrogens (tertiary/aromatic N) is 1. The van der Waals surface area contributed by atoms with E-state index in [-0.39, 0.29) is 5.57 Å². The van der Waals surface area contributed by atoms with E-state index in [2.05, 4.69) is 0 Å². The number of amides is 1. The SMILES string of the molecule is CCOc1ccccc1C1C(=C([O-])c2ccc(OC)c(C)c2)C(=O)C(=O)N1CC[NH+](C)C. The Morgan fingerprint density at radius 3 is 2.47 bits per heavy atom. The van der Waals surface area contributed by atoms with Gasteiger partial charge in [0.05, 0.1) is 46.9 Å². The van der Waals surface area contributed by atoms with Gasteiger partial charge in [0.15, 0.2) is 0 Å². The molecule has 0 bridgehead atoms. The maximum Gasteiger partial charge on any atom is 0.295 e. The fourth-order valence-electron chi connectivity index (χ4n) is 3.94. The first kappa shape index (κ1) is 23.3. The van der Waals surface area contributed by atoms with Gasteiger partial charge in [-0.1, -0.05) is 30.0 Å². The van der Waals surface area contributed by atoms with Crippen LogP contribution in [0.2, 0.25) is 0 Å². The van der Waals surface area contributed by atoms with E-state index in [9.17, 15) is 14.7 Å². The molecule has 3 rings (SSSR count). The Morgan fingerprint density at radius 2 is 1.84 bits per heavy atom. The van der Waals surface area contributed by atoms with Crippen molar-refractivity contribution in [3.63, 3.8) is 0 Å². The van der Waals surface area contributed by atoms with Crippen LogP contribution in [0.15, 0.2) is 48.0 Å². The van der Waals surface area contributed by atoms with E-state index in [0.717, 1.165) is 10.5 Å². The summed E-state index contributed by atoms with van der Waals surface area (Å²) in [6, 6.07) is 11.5. The molecule has 0 saturated carbocycles. The Balaban J connectivity index is 2.20. The topological polar surface area (TPSA) is 83.3 Å². The molecule has 0 spiro atoms. The molecule has 1 fully saturated rings. The second-order valence-corrected chi connectivity index (χ2v) is 8.09. The van der Waals surface area contributed by atoms with Crippen LogP contribution in [-0.2, 0) is 9.59 Å². The van der Waals surface area contributed by atoms with Crippen LogP contribution in [0.3, 0.4) is 0 Å². The Kier molecular flexibility index (Phi) is 7.20. The van der Waals surface area contributed by atoms with Crippen molar-refractivity contribution in [1.82, 2.24) is 4.90 Å². The van der Waals surface area contributed by atoms with Gasteiger partial charge in [0.2, 0.25) is 5.78 Å². The summed E-state index contributed by atoms with van der Waals surface area (Å²) in [5, 5.41) is 13.6. The van der Waals surface area contributed by atoms with Gasteiger partial charge in [-0.25, -0.2) is 0 Å². The number of hydrogen-bond donors (Lipinski definition) is 1. The predicted octanol–water partition coefficient (Wildman–Crippen LogP) is 0.771. The van der Waals surface area contributed by atoms with Crippen molar-refractivity contribution in [3.8, 4) is 11.5 Å². The lowest BCUT2D eigenvalue weighted by atomic mass is 9.94. The van der Waals surface area contributed by atoms with Crippen LogP contribution in [0, 0.1) is 6.92 Å². The minimum atomic E-state index is -0.799. The number of likely N-dealkylation sites (N-methyl/N-ethyl adjacent to an activating group) is 1. The smallest absolute Gasteiger partial charge is 0.295 e.